The van der Waals surface area contributed by atoms with Gasteiger partial charge in [0.15, 0.2) is 0 Å². The first kappa shape index (κ1) is 14.5. The van der Waals surface area contributed by atoms with Crippen molar-refractivity contribution < 1.29 is 4.74 Å². The molecule has 19 heavy (non-hydrogen) atoms. The van der Waals surface area contributed by atoms with E-state index in [0.29, 0.717) is 18.2 Å². The summed E-state index contributed by atoms with van der Waals surface area (Å²) in [6, 6.07) is 0.706. The summed E-state index contributed by atoms with van der Waals surface area (Å²) in [5.41, 5.74) is 0. The number of hydrogen-bond donors (Lipinski definition) is 1. The lowest BCUT2D eigenvalue weighted by atomic mass is 10.0. The van der Waals surface area contributed by atoms with E-state index < -0.39 is 0 Å². The Morgan fingerprint density at radius 3 is 3.00 bits per heavy atom. The van der Waals surface area contributed by atoms with Crippen molar-refractivity contribution in [3.63, 3.8) is 0 Å². The Labute approximate surface area is 115 Å². The van der Waals surface area contributed by atoms with E-state index in [-0.39, 0.29) is 0 Å². The van der Waals surface area contributed by atoms with E-state index >= 15 is 0 Å². The van der Waals surface area contributed by atoms with Gasteiger partial charge in [0, 0.05) is 25.1 Å². The maximum Gasteiger partial charge on any atom is 0.138 e. The topological polar surface area (TPSA) is 52.0 Å². The lowest BCUT2D eigenvalue weighted by Crippen LogP contribution is -2.42. The van der Waals surface area contributed by atoms with Crippen LogP contribution in [-0.2, 0) is 11.2 Å². The summed E-state index contributed by atoms with van der Waals surface area (Å²) in [7, 11) is 0. The van der Waals surface area contributed by atoms with Gasteiger partial charge in [0.1, 0.15) is 12.2 Å². The van der Waals surface area contributed by atoms with Crippen LogP contribution in [0.2, 0.25) is 0 Å². The fourth-order valence-corrected chi connectivity index (χ4v) is 2.63. The molecule has 1 aliphatic rings. The van der Waals surface area contributed by atoms with Gasteiger partial charge in [-0.2, -0.15) is 5.10 Å². The second-order valence-electron chi connectivity index (χ2n) is 5.53. The van der Waals surface area contributed by atoms with Crippen LogP contribution >= 0.6 is 0 Å². The molecule has 1 fully saturated rings. The quantitative estimate of drug-likeness (QED) is 0.819. The van der Waals surface area contributed by atoms with Crippen molar-refractivity contribution in [2.75, 3.05) is 13.2 Å². The molecule has 2 rings (SSSR count). The molecule has 5 nitrogen and oxygen atoms in total. The van der Waals surface area contributed by atoms with Gasteiger partial charge in [0.25, 0.3) is 0 Å². The molecular weight excluding hydrogens is 240 g/mol. The summed E-state index contributed by atoms with van der Waals surface area (Å²) in [5.74, 6) is 1.05. The zero-order valence-electron chi connectivity index (χ0n) is 12.3. The van der Waals surface area contributed by atoms with E-state index in [0.717, 1.165) is 38.2 Å². The highest BCUT2D eigenvalue weighted by atomic mass is 16.5. The summed E-state index contributed by atoms with van der Waals surface area (Å²) < 4.78 is 7.85. The van der Waals surface area contributed by atoms with Gasteiger partial charge >= 0.3 is 0 Å². The normalized spacial score (nSPS) is 21.2. The molecular formula is C14H26N4O. The van der Waals surface area contributed by atoms with Crippen LogP contribution < -0.4 is 5.32 Å². The van der Waals surface area contributed by atoms with Crippen LogP contribution in [0, 0.1) is 0 Å². The molecule has 0 bridgehead atoms. The first-order chi connectivity index (χ1) is 9.22. The molecule has 0 amide bonds. The standard InChI is InChI=1S/C14H26N4O/c1-4-7-15-12(13-6-5-8-19-13)9-14-16-10-17-18(14)11(2)3/h10-13,15H,4-9H2,1-3H3. The Morgan fingerprint density at radius 1 is 1.53 bits per heavy atom. The molecule has 0 saturated carbocycles. The van der Waals surface area contributed by atoms with Crippen molar-refractivity contribution in [2.24, 2.45) is 0 Å². The third kappa shape index (κ3) is 3.76. The Balaban J connectivity index is 2.03. The van der Waals surface area contributed by atoms with Crippen molar-refractivity contribution in [1.82, 2.24) is 20.1 Å². The van der Waals surface area contributed by atoms with Crippen LogP contribution in [0.3, 0.4) is 0 Å². The van der Waals surface area contributed by atoms with E-state index in [1.165, 1.54) is 6.42 Å². The molecule has 1 aromatic heterocycles. The smallest absolute Gasteiger partial charge is 0.138 e. The molecule has 2 unspecified atom stereocenters. The summed E-state index contributed by atoms with van der Waals surface area (Å²) in [4.78, 5) is 4.41. The molecule has 1 aromatic rings. The highest BCUT2D eigenvalue weighted by Crippen LogP contribution is 2.19. The second kappa shape index (κ2) is 7.01. The third-order valence-electron chi connectivity index (χ3n) is 3.61. The van der Waals surface area contributed by atoms with Gasteiger partial charge in [-0.15, -0.1) is 0 Å². The molecule has 2 atom stereocenters. The first-order valence-electron chi connectivity index (χ1n) is 7.45. The minimum atomic E-state index is 0.323. The van der Waals surface area contributed by atoms with Crippen LogP contribution in [0.25, 0.3) is 0 Å². The Morgan fingerprint density at radius 2 is 2.37 bits per heavy atom. The first-order valence-corrected chi connectivity index (χ1v) is 7.45. The van der Waals surface area contributed by atoms with E-state index in [1.54, 1.807) is 6.33 Å². The second-order valence-corrected chi connectivity index (χ2v) is 5.53. The molecule has 1 N–H and O–H groups in total. The maximum atomic E-state index is 5.84. The highest BCUT2D eigenvalue weighted by Gasteiger charge is 2.27. The maximum absolute atomic E-state index is 5.84. The van der Waals surface area contributed by atoms with Crippen molar-refractivity contribution in [2.45, 2.75) is 64.6 Å². The zero-order chi connectivity index (χ0) is 13.7. The average Bonchev–Trinajstić information content (AvgIpc) is 3.04. The molecule has 0 radical (unpaired) electrons. The Kier molecular flexibility index (Phi) is 5.34. The van der Waals surface area contributed by atoms with Crippen LogP contribution in [0.15, 0.2) is 6.33 Å². The van der Waals surface area contributed by atoms with Gasteiger partial charge in [0.2, 0.25) is 0 Å². The van der Waals surface area contributed by atoms with Crippen LogP contribution in [0.5, 0.6) is 0 Å². The predicted octanol–water partition coefficient (Wildman–Crippen LogP) is 1.95. The van der Waals surface area contributed by atoms with Gasteiger partial charge in [0.05, 0.1) is 6.10 Å². The largest absolute Gasteiger partial charge is 0.377 e. The van der Waals surface area contributed by atoms with E-state index in [4.69, 9.17) is 4.74 Å². The number of rotatable bonds is 7. The summed E-state index contributed by atoms with van der Waals surface area (Å²) >= 11 is 0. The number of nitrogens with zero attached hydrogens (tertiary/aromatic N) is 3. The van der Waals surface area contributed by atoms with Gasteiger partial charge in [-0.3, -0.25) is 0 Å². The number of aromatic nitrogens is 3. The van der Waals surface area contributed by atoms with Crippen LogP contribution in [0.4, 0.5) is 0 Å². The van der Waals surface area contributed by atoms with Gasteiger partial charge in [-0.05, 0) is 39.7 Å². The molecule has 0 spiro atoms. The van der Waals surface area contributed by atoms with Crippen LogP contribution in [-0.4, -0.2) is 40.1 Å². The monoisotopic (exact) mass is 266 g/mol. The Hall–Kier alpha value is -0.940. The van der Waals surface area contributed by atoms with Gasteiger partial charge < -0.3 is 10.1 Å². The lowest BCUT2D eigenvalue weighted by molar-refractivity contribution is 0.0773. The van der Waals surface area contributed by atoms with Crippen molar-refractivity contribution in [3.8, 4) is 0 Å². The summed E-state index contributed by atoms with van der Waals surface area (Å²) in [6.07, 6.45) is 6.33. The highest BCUT2D eigenvalue weighted by molar-refractivity contribution is 4.95. The molecule has 1 saturated heterocycles. The fourth-order valence-electron chi connectivity index (χ4n) is 2.63. The van der Waals surface area contributed by atoms with Crippen molar-refractivity contribution >= 4 is 0 Å². The average molecular weight is 266 g/mol. The van der Waals surface area contributed by atoms with Gasteiger partial charge in [-0.1, -0.05) is 6.92 Å². The van der Waals surface area contributed by atoms with Crippen molar-refractivity contribution in [1.29, 1.82) is 0 Å². The number of ether oxygens (including phenoxy) is 1. The minimum absolute atomic E-state index is 0.323. The minimum Gasteiger partial charge on any atom is -0.377 e. The Bertz CT molecular complexity index is 371. The number of hydrogen-bond acceptors (Lipinski definition) is 4. The fraction of sp³-hybridized carbons (Fsp3) is 0.857. The van der Waals surface area contributed by atoms with E-state index in [1.807, 2.05) is 4.68 Å². The van der Waals surface area contributed by atoms with Crippen molar-refractivity contribution in [3.05, 3.63) is 12.2 Å². The van der Waals surface area contributed by atoms with Crippen LogP contribution in [0.1, 0.15) is 51.9 Å². The molecule has 0 aliphatic carbocycles. The number of nitrogens with one attached hydrogen (secondary N) is 1. The van der Waals surface area contributed by atoms with E-state index in [2.05, 4.69) is 36.2 Å². The zero-order valence-corrected chi connectivity index (χ0v) is 12.3. The van der Waals surface area contributed by atoms with E-state index in [9.17, 15) is 0 Å². The lowest BCUT2D eigenvalue weighted by Gasteiger charge is -2.24. The predicted molar refractivity (Wildman–Crippen MR) is 75.2 cm³/mol. The summed E-state index contributed by atoms with van der Waals surface area (Å²) in [6.45, 7) is 8.39. The molecule has 2 heterocycles. The molecule has 0 aromatic carbocycles. The SMILES string of the molecule is CCCNC(Cc1ncnn1C(C)C)C1CCCO1. The molecule has 5 heteroatoms. The summed E-state index contributed by atoms with van der Waals surface area (Å²) in [5, 5.41) is 7.92. The third-order valence-corrected chi connectivity index (χ3v) is 3.61. The molecule has 1 aliphatic heterocycles. The van der Waals surface area contributed by atoms with Gasteiger partial charge in [-0.25, -0.2) is 9.67 Å². The molecule has 108 valence electrons.